The lowest BCUT2D eigenvalue weighted by Crippen LogP contribution is -2.41. The lowest BCUT2D eigenvalue weighted by atomic mass is 9.98. The van der Waals surface area contributed by atoms with Crippen molar-refractivity contribution in [2.24, 2.45) is 5.73 Å². The second-order valence-electron chi connectivity index (χ2n) is 8.63. The Labute approximate surface area is 181 Å². The molecule has 0 spiro atoms. The number of alkyl carbamates (subject to hydrolysis) is 1. The lowest BCUT2D eigenvalue weighted by molar-refractivity contribution is -0.155. The molecule has 0 radical (unpaired) electrons. The van der Waals surface area contributed by atoms with Crippen LogP contribution in [0.4, 0.5) is 4.79 Å². The van der Waals surface area contributed by atoms with Gasteiger partial charge < -0.3 is 20.5 Å². The van der Waals surface area contributed by atoms with Crippen LogP contribution in [0.3, 0.4) is 0 Å². The van der Waals surface area contributed by atoms with Gasteiger partial charge >= 0.3 is 12.1 Å². The molecule has 2 aromatic rings. The summed E-state index contributed by atoms with van der Waals surface area (Å²) in [7, 11) is 0. The topological polar surface area (TPSA) is 108 Å². The number of esters is 1. The highest BCUT2D eigenvalue weighted by Crippen LogP contribution is 2.44. The van der Waals surface area contributed by atoms with E-state index in [2.05, 4.69) is 17.4 Å². The average Bonchev–Trinajstić information content (AvgIpc) is 2.98. The second kappa shape index (κ2) is 9.20. The van der Waals surface area contributed by atoms with Crippen molar-refractivity contribution in [1.29, 1.82) is 0 Å². The molecule has 31 heavy (non-hydrogen) atoms. The fourth-order valence-corrected chi connectivity index (χ4v) is 3.81. The highest BCUT2D eigenvalue weighted by molar-refractivity contribution is 5.80. The van der Waals surface area contributed by atoms with Gasteiger partial charge in [0.05, 0.1) is 12.5 Å². The summed E-state index contributed by atoms with van der Waals surface area (Å²) in [4.78, 5) is 35.9. The third-order valence-electron chi connectivity index (χ3n) is 4.95. The third kappa shape index (κ3) is 5.84. The Balaban J connectivity index is 1.64. The van der Waals surface area contributed by atoms with E-state index in [0.29, 0.717) is 0 Å². The molecule has 0 fully saturated rings. The minimum Gasteiger partial charge on any atom is -0.460 e. The van der Waals surface area contributed by atoms with Crippen LogP contribution in [0.2, 0.25) is 0 Å². The first kappa shape index (κ1) is 22.3. The maximum atomic E-state index is 12.4. The molecule has 1 aliphatic carbocycles. The summed E-state index contributed by atoms with van der Waals surface area (Å²) in [5.41, 5.74) is 9.05. The molecule has 1 aliphatic rings. The fourth-order valence-electron chi connectivity index (χ4n) is 3.81. The van der Waals surface area contributed by atoms with E-state index >= 15 is 0 Å². The molecule has 0 aromatic heterocycles. The highest BCUT2D eigenvalue weighted by atomic mass is 16.6. The van der Waals surface area contributed by atoms with Crippen molar-refractivity contribution < 1.29 is 23.9 Å². The van der Waals surface area contributed by atoms with Crippen LogP contribution < -0.4 is 11.1 Å². The molecular formula is C24H28N2O5. The number of fused-ring (bicyclic) bond motifs is 3. The van der Waals surface area contributed by atoms with Crippen LogP contribution in [0.5, 0.6) is 0 Å². The smallest absolute Gasteiger partial charge is 0.407 e. The first-order valence-electron chi connectivity index (χ1n) is 10.3. The standard InChI is InChI=1S/C24H28N2O5/c1-24(2,3)31-22(28)13-15(12-21(25)27)26-23(29)30-14-20-18-10-6-4-8-16(18)17-9-5-7-11-19(17)20/h4-11,15,20H,12-14H2,1-3H3,(H2,25,27)(H,26,29)/t15-/m0/s1. The van der Waals surface area contributed by atoms with E-state index in [-0.39, 0.29) is 25.4 Å². The number of nitrogens with one attached hydrogen (secondary N) is 1. The number of nitrogens with two attached hydrogens (primary N) is 1. The highest BCUT2D eigenvalue weighted by Gasteiger charge is 2.30. The molecule has 2 amide bonds. The Kier molecular flexibility index (Phi) is 6.63. The SMILES string of the molecule is CC(C)(C)OC(=O)C[C@H](CC(N)=O)NC(=O)OCC1c2ccccc2-c2ccccc21. The van der Waals surface area contributed by atoms with Crippen LogP contribution in [0.1, 0.15) is 50.7 Å². The van der Waals surface area contributed by atoms with Crippen LogP contribution in [0, 0.1) is 0 Å². The molecule has 0 saturated heterocycles. The minimum absolute atomic E-state index is 0.0846. The summed E-state index contributed by atoms with van der Waals surface area (Å²) >= 11 is 0. The Morgan fingerprint density at radius 1 is 0.968 bits per heavy atom. The van der Waals surface area contributed by atoms with Gasteiger partial charge in [0, 0.05) is 12.3 Å². The largest absolute Gasteiger partial charge is 0.460 e. The molecule has 0 bridgehead atoms. The van der Waals surface area contributed by atoms with E-state index in [1.54, 1.807) is 20.8 Å². The number of amides is 2. The number of hydrogen-bond donors (Lipinski definition) is 2. The Hall–Kier alpha value is -3.35. The van der Waals surface area contributed by atoms with E-state index in [1.165, 1.54) is 0 Å². The van der Waals surface area contributed by atoms with Crippen molar-refractivity contribution in [3.8, 4) is 11.1 Å². The maximum Gasteiger partial charge on any atom is 0.407 e. The Morgan fingerprint density at radius 2 is 1.52 bits per heavy atom. The van der Waals surface area contributed by atoms with E-state index in [0.717, 1.165) is 22.3 Å². The Morgan fingerprint density at radius 3 is 2.03 bits per heavy atom. The predicted molar refractivity (Wildman–Crippen MR) is 116 cm³/mol. The molecular weight excluding hydrogens is 396 g/mol. The quantitative estimate of drug-likeness (QED) is 0.662. The summed E-state index contributed by atoms with van der Waals surface area (Å²) in [6.45, 7) is 5.36. The number of carbonyl (C=O) groups excluding carboxylic acids is 3. The average molecular weight is 424 g/mol. The van der Waals surface area contributed by atoms with Gasteiger partial charge in [-0.05, 0) is 43.0 Å². The molecule has 2 aromatic carbocycles. The molecule has 7 heteroatoms. The van der Waals surface area contributed by atoms with Gasteiger partial charge in [-0.3, -0.25) is 9.59 Å². The van der Waals surface area contributed by atoms with Gasteiger partial charge in [0.25, 0.3) is 0 Å². The molecule has 164 valence electrons. The number of carbonyl (C=O) groups is 3. The van der Waals surface area contributed by atoms with Crippen LogP contribution in [-0.2, 0) is 19.1 Å². The van der Waals surface area contributed by atoms with Gasteiger partial charge in [0.15, 0.2) is 0 Å². The van der Waals surface area contributed by atoms with Gasteiger partial charge in [-0.1, -0.05) is 48.5 Å². The molecule has 1 atom stereocenters. The summed E-state index contributed by atoms with van der Waals surface area (Å²) in [6, 6.07) is 15.2. The summed E-state index contributed by atoms with van der Waals surface area (Å²) in [6.07, 6.45) is -1.08. The Bertz CT molecular complexity index is 934. The number of ether oxygens (including phenoxy) is 2. The molecule has 3 rings (SSSR count). The first-order valence-corrected chi connectivity index (χ1v) is 10.3. The van der Waals surface area contributed by atoms with E-state index < -0.39 is 29.6 Å². The molecule has 3 N–H and O–H groups in total. The maximum absolute atomic E-state index is 12.4. The van der Waals surface area contributed by atoms with Crippen molar-refractivity contribution in [3.63, 3.8) is 0 Å². The molecule has 0 unspecified atom stereocenters. The van der Waals surface area contributed by atoms with Gasteiger partial charge in [-0.15, -0.1) is 0 Å². The minimum atomic E-state index is -0.803. The third-order valence-corrected chi connectivity index (χ3v) is 4.95. The van der Waals surface area contributed by atoms with Crippen molar-refractivity contribution in [3.05, 3.63) is 59.7 Å². The van der Waals surface area contributed by atoms with Crippen molar-refractivity contribution in [2.75, 3.05) is 6.61 Å². The van der Waals surface area contributed by atoms with Crippen LogP contribution in [0.15, 0.2) is 48.5 Å². The van der Waals surface area contributed by atoms with Crippen molar-refractivity contribution in [1.82, 2.24) is 5.32 Å². The normalized spacial score (nSPS) is 13.6. The van der Waals surface area contributed by atoms with Gasteiger partial charge in [-0.2, -0.15) is 0 Å². The predicted octanol–water partition coefficient (Wildman–Crippen LogP) is 3.50. The van der Waals surface area contributed by atoms with Gasteiger partial charge in [0.2, 0.25) is 5.91 Å². The monoisotopic (exact) mass is 424 g/mol. The molecule has 0 aliphatic heterocycles. The summed E-state index contributed by atoms with van der Waals surface area (Å²) in [5, 5.41) is 2.57. The van der Waals surface area contributed by atoms with E-state index in [4.69, 9.17) is 15.2 Å². The first-order chi connectivity index (χ1) is 14.6. The zero-order chi connectivity index (χ0) is 22.6. The zero-order valence-corrected chi connectivity index (χ0v) is 18.0. The van der Waals surface area contributed by atoms with Gasteiger partial charge in [0.1, 0.15) is 12.2 Å². The van der Waals surface area contributed by atoms with Crippen LogP contribution in [-0.4, -0.2) is 36.2 Å². The van der Waals surface area contributed by atoms with Crippen molar-refractivity contribution in [2.45, 2.75) is 51.2 Å². The summed E-state index contributed by atoms with van der Waals surface area (Å²) in [5.74, 6) is -1.25. The molecule has 7 nitrogen and oxygen atoms in total. The number of hydrogen-bond acceptors (Lipinski definition) is 5. The lowest BCUT2D eigenvalue weighted by Gasteiger charge is -2.22. The summed E-state index contributed by atoms with van der Waals surface area (Å²) < 4.78 is 10.7. The van der Waals surface area contributed by atoms with E-state index in [9.17, 15) is 14.4 Å². The number of benzene rings is 2. The van der Waals surface area contributed by atoms with Crippen LogP contribution >= 0.6 is 0 Å². The fraction of sp³-hybridized carbons (Fsp3) is 0.375. The molecule has 0 heterocycles. The number of primary amides is 1. The van der Waals surface area contributed by atoms with Crippen LogP contribution in [0.25, 0.3) is 11.1 Å². The number of rotatable bonds is 7. The second-order valence-corrected chi connectivity index (χ2v) is 8.63. The van der Waals surface area contributed by atoms with E-state index in [1.807, 2.05) is 36.4 Å². The zero-order valence-electron chi connectivity index (χ0n) is 18.0. The van der Waals surface area contributed by atoms with Gasteiger partial charge in [-0.25, -0.2) is 4.79 Å². The molecule has 0 saturated carbocycles. The van der Waals surface area contributed by atoms with Crippen molar-refractivity contribution >= 4 is 18.0 Å².